The van der Waals surface area contributed by atoms with Crippen LogP contribution in [0.25, 0.3) is 0 Å². The van der Waals surface area contributed by atoms with Gasteiger partial charge in [0, 0.05) is 0 Å². The molecule has 70 valence electrons. The molecule has 2 atom stereocenters. The quantitative estimate of drug-likeness (QED) is 0.594. The Morgan fingerprint density at radius 3 is 2.75 bits per heavy atom. The first-order valence-corrected chi connectivity index (χ1v) is 4.97. The standard InChI is InChI=1S/C10H18O2/c1-2-9-6-4-3-5-7-10(8-11)12-9/h8-10H,2-7H2,1H3/t9-,10-/m1/s1. The minimum Gasteiger partial charge on any atom is -0.368 e. The smallest absolute Gasteiger partial charge is 0.148 e. The Balaban J connectivity index is 2.38. The summed E-state index contributed by atoms with van der Waals surface area (Å²) in [6.07, 6.45) is 7.86. The van der Waals surface area contributed by atoms with Crippen molar-refractivity contribution in [3.8, 4) is 0 Å². The first-order valence-electron chi connectivity index (χ1n) is 4.97. The summed E-state index contributed by atoms with van der Waals surface area (Å²) < 4.78 is 5.62. The van der Waals surface area contributed by atoms with Crippen LogP contribution in [0.5, 0.6) is 0 Å². The highest BCUT2D eigenvalue weighted by atomic mass is 16.5. The van der Waals surface area contributed by atoms with Crippen molar-refractivity contribution in [2.45, 2.75) is 57.7 Å². The van der Waals surface area contributed by atoms with Gasteiger partial charge in [0.1, 0.15) is 12.4 Å². The summed E-state index contributed by atoms with van der Waals surface area (Å²) >= 11 is 0. The molecule has 1 rings (SSSR count). The molecule has 0 saturated carbocycles. The number of aldehydes is 1. The van der Waals surface area contributed by atoms with Gasteiger partial charge in [0.05, 0.1) is 6.10 Å². The molecule has 0 N–H and O–H groups in total. The summed E-state index contributed by atoms with van der Waals surface area (Å²) in [6, 6.07) is 0. The Bertz CT molecular complexity index is 134. The predicted octanol–water partition coefficient (Wildman–Crippen LogP) is 2.31. The molecule has 0 radical (unpaired) electrons. The number of hydrogen-bond acceptors (Lipinski definition) is 2. The van der Waals surface area contributed by atoms with Crippen molar-refractivity contribution in [1.29, 1.82) is 0 Å². The summed E-state index contributed by atoms with van der Waals surface area (Å²) in [5.74, 6) is 0. The van der Waals surface area contributed by atoms with Gasteiger partial charge in [-0.25, -0.2) is 0 Å². The van der Waals surface area contributed by atoms with Crippen LogP contribution >= 0.6 is 0 Å². The number of carbonyl (C=O) groups excluding carboxylic acids is 1. The average Bonchev–Trinajstić information content (AvgIpc) is 2.05. The SMILES string of the molecule is CC[C@@H]1CCCCC[C@H](C=O)O1. The molecule has 0 aromatic carbocycles. The number of rotatable bonds is 2. The van der Waals surface area contributed by atoms with Crippen LogP contribution < -0.4 is 0 Å². The van der Waals surface area contributed by atoms with Crippen molar-refractivity contribution in [3.05, 3.63) is 0 Å². The first-order chi connectivity index (χ1) is 5.86. The van der Waals surface area contributed by atoms with Crippen LogP contribution in [0, 0.1) is 0 Å². The van der Waals surface area contributed by atoms with Gasteiger partial charge >= 0.3 is 0 Å². The van der Waals surface area contributed by atoms with Crippen molar-refractivity contribution in [3.63, 3.8) is 0 Å². The monoisotopic (exact) mass is 170 g/mol. The topological polar surface area (TPSA) is 26.3 Å². The minimum absolute atomic E-state index is 0.129. The Morgan fingerprint density at radius 2 is 2.08 bits per heavy atom. The van der Waals surface area contributed by atoms with Crippen LogP contribution in [0.3, 0.4) is 0 Å². The number of carbonyl (C=O) groups is 1. The van der Waals surface area contributed by atoms with Crippen molar-refractivity contribution < 1.29 is 9.53 Å². The van der Waals surface area contributed by atoms with E-state index < -0.39 is 0 Å². The zero-order chi connectivity index (χ0) is 8.81. The lowest BCUT2D eigenvalue weighted by Crippen LogP contribution is -2.24. The van der Waals surface area contributed by atoms with Crippen LogP contribution in [-0.2, 0) is 9.53 Å². The number of ether oxygens (including phenoxy) is 1. The highest BCUT2D eigenvalue weighted by molar-refractivity contribution is 5.55. The summed E-state index contributed by atoms with van der Waals surface area (Å²) in [6.45, 7) is 2.12. The lowest BCUT2D eigenvalue weighted by atomic mass is 10.0. The van der Waals surface area contributed by atoms with E-state index in [-0.39, 0.29) is 6.10 Å². The lowest BCUT2D eigenvalue weighted by molar-refractivity contribution is -0.123. The second-order valence-corrected chi connectivity index (χ2v) is 3.48. The average molecular weight is 170 g/mol. The molecule has 1 heterocycles. The minimum atomic E-state index is -0.129. The largest absolute Gasteiger partial charge is 0.368 e. The van der Waals surface area contributed by atoms with E-state index in [1.807, 2.05) is 0 Å². The van der Waals surface area contributed by atoms with Gasteiger partial charge in [0.2, 0.25) is 0 Å². The zero-order valence-corrected chi connectivity index (χ0v) is 7.79. The van der Waals surface area contributed by atoms with E-state index >= 15 is 0 Å². The lowest BCUT2D eigenvalue weighted by Gasteiger charge is -2.23. The molecular weight excluding hydrogens is 152 g/mol. The maximum Gasteiger partial charge on any atom is 0.148 e. The summed E-state index contributed by atoms with van der Waals surface area (Å²) in [5, 5.41) is 0. The molecule has 0 spiro atoms. The molecule has 0 bridgehead atoms. The van der Waals surface area contributed by atoms with Crippen molar-refractivity contribution >= 4 is 6.29 Å². The van der Waals surface area contributed by atoms with Gasteiger partial charge in [-0.1, -0.05) is 26.2 Å². The third-order valence-corrected chi connectivity index (χ3v) is 2.49. The highest BCUT2D eigenvalue weighted by Crippen LogP contribution is 2.18. The van der Waals surface area contributed by atoms with Gasteiger partial charge in [0.15, 0.2) is 0 Å². The molecule has 12 heavy (non-hydrogen) atoms. The maximum atomic E-state index is 10.6. The molecule has 1 saturated heterocycles. The second kappa shape index (κ2) is 5.31. The summed E-state index contributed by atoms with van der Waals surface area (Å²) in [5.41, 5.74) is 0. The Labute approximate surface area is 74.3 Å². The van der Waals surface area contributed by atoms with E-state index in [9.17, 15) is 4.79 Å². The van der Waals surface area contributed by atoms with Crippen LogP contribution in [0.4, 0.5) is 0 Å². The molecule has 0 aromatic heterocycles. The van der Waals surface area contributed by atoms with Gasteiger partial charge in [-0.05, 0) is 19.3 Å². The van der Waals surface area contributed by atoms with Gasteiger partial charge in [-0.15, -0.1) is 0 Å². The molecule has 2 nitrogen and oxygen atoms in total. The van der Waals surface area contributed by atoms with E-state index in [0.717, 1.165) is 32.0 Å². The van der Waals surface area contributed by atoms with Crippen LogP contribution in [-0.4, -0.2) is 18.5 Å². The molecule has 0 unspecified atom stereocenters. The van der Waals surface area contributed by atoms with Crippen molar-refractivity contribution in [2.24, 2.45) is 0 Å². The third kappa shape index (κ3) is 2.94. The molecule has 1 fully saturated rings. The van der Waals surface area contributed by atoms with Crippen LogP contribution in [0.1, 0.15) is 45.4 Å². The fraction of sp³-hybridized carbons (Fsp3) is 0.900. The first kappa shape index (κ1) is 9.72. The van der Waals surface area contributed by atoms with Crippen molar-refractivity contribution in [2.75, 3.05) is 0 Å². The second-order valence-electron chi connectivity index (χ2n) is 3.48. The van der Waals surface area contributed by atoms with Gasteiger partial charge < -0.3 is 9.53 Å². The fourth-order valence-corrected chi connectivity index (χ4v) is 1.68. The maximum absolute atomic E-state index is 10.6. The van der Waals surface area contributed by atoms with Gasteiger partial charge in [-0.2, -0.15) is 0 Å². The Kier molecular flexibility index (Phi) is 4.30. The van der Waals surface area contributed by atoms with E-state index in [1.54, 1.807) is 0 Å². The van der Waals surface area contributed by atoms with E-state index in [0.29, 0.717) is 6.10 Å². The third-order valence-electron chi connectivity index (χ3n) is 2.49. The number of hydrogen-bond donors (Lipinski definition) is 0. The summed E-state index contributed by atoms with van der Waals surface area (Å²) in [4.78, 5) is 10.6. The summed E-state index contributed by atoms with van der Waals surface area (Å²) in [7, 11) is 0. The Hall–Kier alpha value is -0.370. The molecule has 1 aliphatic rings. The molecule has 2 heteroatoms. The van der Waals surface area contributed by atoms with E-state index in [1.165, 1.54) is 12.8 Å². The van der Waals surface area contributed by atoms with Crippen LogP contribution in [0.15, 0.2) is 0 Å². The normalized spacial score (nSPS) is 32.1. The zero-order valence-electron chi connectivity index (χ0n) is 7.79. The molecular formula is C10H18O2. The molecule has 1 aliphatic heterocycles. The molecule has 0 aromatic rings. The van der Waals surface area contributed by atoms with Crippen LogP contribution in [0.2, 0.25) is 0 Å². The molecule has 0 aliphatic carbocycles. The van der Waals surface area contributed by atoms with Gasteiger partial charge in [-0.3, -0.25) is 0 Å². The van der Waals surface area contributed by atoms with Crippen molar-refractivity contribution in [1.82, 2.24) is 0 Å². The van der Waals surface area contributed by atoms with Gasteiger partial charge in [0.25, 0.3) is 0 Å². The highest BCUT2D eigenvalue weighted by Gasteiger charge is 2.16. The Morgan fingerprint density at radius 1 is 1.33 bits per heavy atom. The van der Waals surface area contributed by atoms with E-state index in [2.05, 4.69) is 6.92 Å². The van der Waals surface area contributed by atoms with E-state index in [4.69, 9.17) is 4.74 Å². The molecule has 0 amide bonds. The predicted molar refractivity (Wildman–Crippen MR) is 48.1 cm³/mol. The fourth-order valence-electron chi connectivity index (χ4n) is 1.68.